The molecule has 0 unspecified atom stereocenters. The van der Waals surface area contributed by atoms with Crippen molar-refractivity contribution in [3.63, 3.8) is 0 Å². The Morgan fingerprint density at radius 2 is 1.85 bits per heavy atom. The first-order chi connectivity index (χ1) is 16.4. The summed E-state index contributed by atoms with van der Waals surface area (Å²) in [4.78, 5) is 16.7. The van der Waals surface area contributed by atoms with E-state index in [1.807, 2.05) is 30.3 Å². The van der Waals surface area contributed by atoms with Crippen molar-refractivity contribution < 1.29 is 22.4 Å². The van der Waals surface area contributed by atoms with Gasteiger partial charge in [0.2, 0.25) is 0 Å². The standard InChI is InChI=1S/C24H18ClN3O5S/c25-17-9-10-20-21(13-17)32-12-11-28(20)34(30,31)19-8-4-7-18(14-19)27-23(29)24-26-15-22(33-24)16-5-2-1-3-6-16/h1-10,13-15H,11-12H2,(H,27,29). The van der Waals surface area contributed by atoms with E-state index in [-0.39, 0.29) is 29.6 Å². The van der Waals surface area contributed by atoms with Crippen LogP contribution in [0.25, 0.3) is 11.3 Å². The Labute approximate surface area is 200 Å². The highest BCUT2D eigenvalue weighted by Crippen LogP contribution is 2.37. The van der Waals surface area contributed by atoms with Crippen molar-refractivity contribution >= 4 is 38.9 Å². The molecule has 0 saturated heterocycles. The Kier molecular flexibility index (Phi) is 5.72. The summed E-state index contributed by atoms with van der Waals surface area (Å²) >= 11 is 6.01. The lowest BCUT2D eigenvalue weighted by Crippen LogP contribution is -2.37. The molecule has 0 spiro atoms. The Balaban J connectivity index is 1.38. The van der Waals surface area contributed by atoms with Gasteiger partial charge in [0.1, 0.15) is 12.4 Å². The van der Waals surface area contributed by atoms with Crippen LogP contribution in [-0.4, -0.2) is 32.5 Å². The minimum Gasteiger partial charge on any atom is -0.489 e. The number of anilines is 2. The van der Waals surface area contributed by atoms with Gasteiger partial charge in [-0.1, -0.05) is 48.0 Å². The molecule has 0 fully saturated rings. The highest BCUT2D eigenvalue weighted by atomic mass is 35.5. The first kappa shape index (κ1) is 22.0. The molecule has 3 aromatic carbocycles. The number of rotatable bonds is 5. The van der Waals surface area contributed by atoms with E-state index in [4.69, 9.17) is 20.8 Å². The largest absolute Gasteiger partial charge is 0.489 e. The van der Waals surface area contributed by atoms with E-state index in [2.05, 4.69) is 10.3 Å². The summed E-state index contributed by atoms with van der Waals surface area (Å²) in [5.41, 5.74) is 1.47. The summed E-state index contributed by atoms with van der Waals surface area (Å²) in [5, 5.41) is 3.09. The number of aromatic nitrogens is 1. The van der Waals surface area contributed by atoms with Crippen LogP contribution in [0.2, 0.25) is 5.02 Å². The number of nitrogens with one attached hydrogen (secondary N) is 1. The number of amides is 1. The first-order valence-corrected chi connectivity index (χ1v) is 12.1. The first-order valence-electron chi connectivity index (χ1n) is 10.3. The number of carbonyl (C=O) groups is 1. The zero-order chi connectivity index (χ0) is 23.7. The van der Waals surface area contributed by atoms with Crippen LogP contribution in [0.15, 0.2) is 88.3 Å². The molecule has 34 heavy (non-hydrogen) atoms. The molecule has 0 bridgehead atoms. The lowest BCUT2D eigenvalue weighted by Gasteiger charge is -2.30. The maximum atomic E-state index is 13.4. The molecule has 1 aromatic heterocycles. The van der Waals surface area contributed by atoms with Gasteiger partial charge in [0.25, 0.3) is 15.9 Å². The van der Waals surface area contributed by atoms with Gasteiger partial charge in [0, 0.05) is 22.3 Å². The number of fused-ring (bicyclic) bond motifs is 1. The molecule has 8 nitrogen and oxygen atoms in total. The second-order valence-electron chi connectivity index (χ2n) is 7.42. The minimum absolute atomic E-state index is 0.0190. The fourth-order valence-electron chi connectivity index (χ4n) is 3.58. The van der Waals surface area contributed by atoms with Crippen molar-refractivity contribution in [1.82, 2.24) is 4.98 Å². The molecule has 1 N–H and O–H groups in total. The average Bonchev–Trinajstić information content (AvgIpc) is 3.35. The summed E-state index contributed by atoms with van der Waals surface area (Å²) in [6.07, 6.45) is 1.47. The lowest BCUT2D eigenvalue weighted by molar-refractivity contribution is 0.0991. The molecule has 10 heteroatoms. The van der Waals surface area contributed by atoms with E-state index in [9.17, 15) is 13.2 Å². The maximum Gasteiger partial charge on any atom is 0.311 e. The van der Waals surface area contributed by atoms with Crippen LogP contribution >= 0.6 is 11.6 Å². The van der Waals surface area contributed by atoms with E-state index < -0.39 is 15.9 Å². The van der Waals surface area contributed by atoms with Crippen LogP contribution in [-0.2, 0) is 10.0 Å². The van der Waals surface area contributed by atoms with Crippen molar-refractivity contribution in [3.05, 3.63) is 89.9 Å². The summed E-state index contributed by atoms with van der Waals surface area (Å²) < 4.78 is 39.2. The second kappa shape index (κ2) is 8.85. The van der Waals surface area contributed by atoms with Crippen molar-refractivity contribution in [3.8, 4) is 17.1 Å². The molecule has 1 amide bonds. The van der Waals surface area contributed by atoms with Gasteiger partial charge in [0.15, 0.2) is 5.76 Å². The van der Waals surface area contributed by atoms with Crippen molar-refractivity contribution in [2.45, 2.75) is 4.90 Å². The van der Waals surface area contributed by atoms with Crippen molar-refractivity contribution in [2.75, 3.05) is 22.8 Å². The Morgan fingerprint density at radius 3 is 2.68 bits per heavy atom. The van der Waals surface area contributed by atoms with Gasteiger partial charge in [-0.05, 0) is 30.3 Å². The Morgan fingerprint density at radius 1 is 1.03 bits per heavy atom. The van der Waals surface area contributed by atoms with E-state index in [0.717, 1.165) is 5.56 Å². The zero-order valence-electron chi connectivity index (χ0n) is 17.6. The van der Waals surface area contributed by atoms with Crippen LogP contribution in [0.5, 0.6) is 5.75 Å². The van der Waals surface area contributed by atoms with Gasteiger partial charge in [-0.25, -0.2) is 13.4 Å². The monoisotopic (exact) mass is 495 g/mol. The molecular weight excluding hydrogens is 478 g/mol. The predicted molar refractivity (Wildman–Crippen MR) is 128 cm³/mol. The third-order valence-electron chi connectivity index (χ3n) is 5.18. The number of hydrogen-bond donors (Lipinski definition) is 1. The van der Waals surface area contributed by atoms with Crippen molar-refractivity contribution in [2.24, 2.45) is 0 Å². The molecule has 5 rings (SSSR count). The zero-order valence-corrected chi connectivity index (χ0v) is 19.2. The van der Waals surface area contributed by atoms with Crippen LogP contribution in [0.3, 0.4) is 0 Å². The summed E-state index contributed by atoms with van der Waals surface area (Å²) in [6, 6.07) is 20.0. The van der Waals surface area contributed by atoms with E-state index in [0.29, 0.717) is 22.2 Å². The Hall–Kier alpha value is -3.82. The number of sulfonamides is 1. The molecule has 0 saturated carbocycles. The molecule has 172 valence electrons. The number of halogens is 1. The molecule has 2 heterocycles. The van der Waals surface area contributed by atoms with Crippen LogP contribution in [0.4, 0.5) is 11.4 Å². The normalized spacial score (nSPS) is 13.1. The number of benzene rings is 3. The molecule has 1 aliphatic rings. The van der Waals surface area contributed by atoms with Crippen molar-refractivity contribution in [1.29, 1.82) is 0 Å². The Bertz CT molecular complexity index is 1470. The highest BCUT2D eigenvalue weighted by Gasteiger charge is 2.30. The maximum absolute atomic E-state index is 13.4. The number of ether oxygens (including phenoxy) is 1. The second-order valence-corrected chi connectivity index (χ2v) is 9.71. The third-order valence-corrected chi connectivity index (χ3v) is 7.22. The summed E-state index contributed by atoms with van der Waals surface area (Å²) in [6.45, 7) is 0.336. The number of oxazole rings is 1. The van der Waals surface area contributed by atoms with Crippen LogP contribution < -0.4 is 14.4 Å². The number of carbonyl (C=O) groups excluding carboxylic acids is 1. The van der Waals surface area contributed by atoms with Gasteiger partial charge in [-0.2, -0.15) is 0 Å². The minimum atomic E-state index is -3.92. The summed E-state index contributed by atoms with van der Waals surface area (Å²) in [5.74, 6) is 0.118. The quantitative estimate of drug-likeness (QED) is 0.425. The van der Waals surface area contributed by atoms with Crippen LogP contribution in [0, 0.1) is 0 Å². The lowest BCUT2D eigenvalue weighted by atomic mass is 10.2. The fourth-order valence-corrected chi connectivity index (χ4v) is 5.25. The fraction of sp³-hybridized carbons (Fsp3) is 0.0833. The van der Waals surface area contributed by atoms with Gasteiger partial charge < -0.3 is 14.5 Å². The van der Waals surface area contributed by atoms with Gasteiger partial charge in [0.05, 0.1) is 23.3 Å². The molecular formula is C24H18ClN3O5S. The number of nitrogens with zero attached hydrogens (tertiary/aromatic N) is 2. The molecule has 0 radical (unpaired) electrons. The molecule has 4 aromatic rings. The van der Waals surface area contributed by atoms with E-state index >= 15 is 0 Å². The smallest absolute Gasteiger partial charge is 0.311 e. The molecule has 1 aliphatic heterocycles. The average molecular weight is 496 g/mol. The van der Waals surface area contributed by atoms with E-state index in [1.54, 1.807) is 30.3 Å². The third kappa shape index (κ3) is 4.23. The van der Waals surface area contributed by atoms with Gasteiger partial charge >= 0.3 is 5.91 Å². The summed E-state index contributed by atoms with van der Waals surface area (Å²) in [7, 11) is -3.92. The van der Waals surface area contributed by atoms with Crippen LogP contribution in [0.1, 0.15) is 10.7 Å². The van der Waals surface area contributed by atoms with E-state index in [1.165, 1.54) is 22.6 Å². The topological polar surface area (TPSA) is 102 Å². The SMILES string of the molecule is O=C(Nc1cccc(S(=O)(=O)N2CCOc3cc(Cl)ccc32)c1)c1ncc(-c2ccccc2)o1. The highest BCUT2D eigenvalue weighted by molar-refractivity contribution is 7.92. The van der Waals surface area contributed by atoms with Gasteiger partial charge in [-0.3, -0.25) is 9.10 Å². The van der Waals surface area contributed by atoms with Gasteiger partial charge in [-0.15, -0.1) is 0 Å². The predicted octanol–water partition coefficient (Wildman–Crippen LogP) is 4.84. The molecule has 0 aliphatic carbocycles. The number of hydrogen-bond acceptors (Lipinski definition) is 6. The molecule has 0 atom stereocenters.